The number of piperazine rings is 1. The molecule has 2 saturated heterocycles. The second-order valence-corrected chi connectivity index (χ2v) is 6.10. The fourth-order valence-corrected chi connectivity index (χ4v) is 3.26. The molecule has 0 saturated carbocycles. The van der Waals surface area contributed by atoms with E-state index in [-0.39, 0.29) is 0 Å². The number of ether oxygens (including phenoxy) is 2. The van der Waals surface area contributed by atoms with Gasteiger partial charge in [0, 0.05) is 51.9 Å². The average Bonchev–Trinajstić information content (AvgIpc) is 2.47. The molecular weight excluding hydrogens is 266 g/mol. The van der Waals surface area contributed by atoms with Crippen molar-refractivity contribution in [1.82, 2.24) is 15.1 Å². The van der Waals surface area contributed by atoms with Crippen LogP contribution in [0.2, 0.25) is 0 Å². The Morgan fingerprint density at radius 1 is 1.00 bits per heavy atom. The van der Waals surface area contributed by atoms with Crippen LogP contribution in [0, 0.1) is 0 Å². The predicted octanol–water partition coefficient (Wildman–Crippen LogP) is 0.547. The molecule has 3 aliphatic heterocycles. The summed E-state index contributed by atoms with van der Waals surface area (Å²) in [6.07, 6.45) is 0. The van der Waals surface area contributed by atoms with Gasteiger partial charge in [-0.3, -0.25) is 9.80 Å². The van der Waals surface area contributed by atoms with Gasteiger partial charge in [0.15, 0.2) is 11.5 Å². The van der Waals surface area contributed by atoms with Gasteiger partial charge in [0.1, 0.15) is 13.2 Å². The van der Waals surface area contributed by atoms with E-state index in [2.05, 4.69) is 27.2 Å². The van der Waals surface area contributed by atoms with Crippen molar-refractivity contribution in [2.24, 2.45) is 0 Å². The lowest BCUT2D eigenvalue weighted by molar-refractivity contribution is 0.0694. The van der Waals surface area contributed by atoms with Crippen LogP contribution < -0.4 is 14.8 Å². The smallest absolute Gasteiger partial charge is 0.161 e. The Bertz CT molecular complexity index is 496. The summed E-state index contributed by atoms with van der Waals surface area (Å²) in [5.41, 5.74) is 1.32. The number of rotatable bonds is 3. The average molecular weight is 289 g/mol. The third-order valence-corrected chi connectivity index (χ3v) is 4.70. The summed E-state index contributed by atoms with van der Waals surface area (Å²) in [5.74, 6) is 1.78. The minimum absolute atomic E-state index is 0.657. The molecule has 4 rings (SSSR count). The second-order valence-electron chi connectivity index (χ2n) is 6.10. The van der Waals surface area contributed by atoms with Crippen molar-refractivity contribution in [2.45, 2.75) is 12.6 Å². The van der Waals surface area contributed by atoms with E-state index >= 15 is 0 Å². The Labute approximate surface area is 125 Å². The highest BCUT2D eigenvalue weighted by Gasteiger charge is 2.27. The molecule has 0 radical (unpaired) electrons. The fraction of sp³-hybridized carbons (Fsp3) is 0.625. The number of hydrogen-bond donors (Lipinski definition) is 1. The Morgan fingerprint density at radius 2 is 1.76 bits per heavy atom. The van der Waals surface area contributed by atoms with Crippen molar-refractivity contribution in [2.75, 3.05) is 52.5 Å². The lowest BCUT2D eigenvalue weighted by Crippen LogP contribution is -2.61. The molecule has 0 aromatic heterocycles. The van der Waals surface area contributed by atoms with Gasteiger partial charge in [-0.05, 0) is 17.7 Å². The second kappa shape index (κ2) is 5.83. The molecule has 1 aromatic rings. The maximum absolute atomic E-state index is 5.67. The van der Waals surface area contributed by atoms with E-state index in [1.54, 1.807) is 0 Å². The molecule has 0 unspecified atom stereocenters. The third-order valence-electron chi connectivity index (χ3n) is 4.70. The van der Waals surface area contributed by atoms with Crippen LogP contribution in [-0.4, -0.2) is 68.3 Å². The molecule has 21 heavy (non-hydrogen) atoms. The van der Waals surface area contributed by atoms with Crippen LogP contribution in [0.1, 0.15) is 5.56 Å². The summed E-state index contributed by atoms with van der Waals surface area (Å²) in [6, 6.07) is 7.12. The van der Waals surface area contributed by atoms with Gasteiger partial charge < -0.3 is 14.8 Å². The molecule has 1 aromatic carbocycles. The third kappa shape index (κ3) is 2.86. The molecule has 1 N–H and O–H groups in total. The lowest BCUT2D eigenvalue weighted by atomic mass is 10.1. The number of benzene rings is 1. The van der Waals surface area contributed by atoms with Crippen LogP contribution in [0.15, 0.2) is 18.2 Å². The van der Waals surface area contributed by atoms with Crippen LogP contribution in [-0.2, 0) is 6.54 Å². The Balaban J connectivity index is 1.34. The molecule has 114 valence electrons. The van der Waals surface area contributed by atoms with Crippen LogP contribution in [0.4, 0.5) is 0 Å². The van der Waals surface area contributed by atoms with Crippen LogP contribution in [0.5, 0.6) is 11.5 Å². The zero-order valence-electron chi connectivity index (χ0n) is 12.4. The van der Waals surface area contributed by atoms with Gasteiger partial charge in [0.2, 0.25) is 0 Å². The Morgan fingerprint density at radius 3 is 2.48 bits per heavy atom. The molecule has 5 heteroatoms. The molecule has 0 bridgehead atoms. The first-order valence-corrected chi connectivity index (χ1v) is 7.94. The topological polar surface area (TPSA) is 37.0 Å². The monoisotopic (exact) mass is 289 g/mol. The van der Waals surface area contributed by atoms with Crippen molar-refractivity contribution in [3.8, 4) is 11.5 Å². The molecule has 2 fully saturated rings. The zero-order valence-corrected chi connectivity index (χ0v) is 12.4. The van der Waals surface area contributed by atoms with Gasteiger partial charge >= 0.3 is 0 Å². The minimum atomic E-state index is 0.657. The van der Waals surface area contributed by atoms with Gasteiger partial charge in [-0.2, -0.15) is 0 Å². The highest BCUT2D eigenvalue weighted by molar-refractivity contribution is 5.43. The number of nitrogens with one attached hydrogen (secondary N) is 1. The quantitative estimate of drug-likeness (QED) is 0.879. The predicted molar refractivity (Wildman–Crippen MR) is 80.9 cm³/mol. The maximum atomic E-state index is 5.67. The van der Waals surface area contributed by atoms with E-state index in [1.807, 2.05) is 6.07 Å². The Hall–Kier alpha value is -1.30. The summed E-state index contributed by atoms with van der Waals surface area (Å²) in [4.78, 5) is 5.16. The Kier molecular flexibility index (Phi) is 3.71. The first-order chi connectivity index (χ1) is 10.4. The van der Waals surface area contributed by atoms with Crippen LogP contribution in [0.25, 0.3) is 0 Å². The first-order valence-electron chi connectivity index (χ1n) is 7.94. The summed E-state index contributed by atoms with van der Waals surface area (Å²) < 4.78 is 11.2. The maximum Gasteiger partial charge on any atom is 0.161 e. The van der Waals surface area contributed by atoms with Crippen molar-refractivity contribution >= 4 is 0 Å². The first kappa shape index (κ1) is 13.4. The van der Waals surface area contributed by atoms with Gasteiger partial charge in [0.05, 0.1) is 0 Å². The summed E-state index contributed by atoms with van der Waals surface area (Å²) in [5, 5.41) is 3.36. The van der Waals surface area contributed by atoms with Gasteiger partial charge in [0.25, 0.3) is 0 Å². The van der Waals surface area contributed by atoms with Gasteiger partial charge in [-0.15, -0.1) is 0 Å². The highest BCUT2D eigenvalue weighted by atomic mass is 16.6. The van der Waals surface area contributed by atoms with Crippen molar-refractivity contribution in [3.63, 3.8) is 0 Å². The zero-order chi connectivity index (χ0) is 14.1. The largest absolute Gasteiger partial charge is 0.486 e. The van der Waals surface area contributed by atoms with E-state index in [4.69, 9.17) is 9.47 Å². The molecule has 0 amide bonds. The summed E-state index contributed by atoms with van der Waals surface area (Å²) in [6.45, 7) is 9.36. The van der Waals surface area contributed by atoms with E-state index in [0.29, 0.717) is 13.2 Å². The van der Waals surface area contributed by atoms with Crippen LogP contribution in [0.3, 0.4) is 0 Å². The molecular formula is C16H23N3O2. The van der Waals surface area contributed by atoms with E-state index in [1.165, 1.54) is 31.7 Å². The molecule has 0 atom stereocenters. The number of nitrogens with zero attached hydrogens (tertiary/aromatic N) is 2. The van der Waals surface area contributed by atoms with Crippen LogP contribution >= 0.6 is 0 Å². The molecule has 0 spiro atoms. The lowest BCUT2D eigenvalue weighted by Gasteiger charge is -2.43. The normalized spacial score (nSPS) is 23.8. The SMILES string of the molecule is c1cc2c(cc1CN1CCN(C3CNC3)CC1)OCCO2. The molecule has 0 aliphatic carbocycles. The van der Waals surface area contributed by atoms with E-state index < -0.39 is 0 Å². The summed E-state index contributed by atoms with van der Waals surface area (Å²) in [7, 11) is 0. The van der Waals surface area contributed by atoms with E-state index in [9.17, 15) is 0 Å². The number of hydrogen-bond acceptors (Lipinski definition) is 5. The molecule has 5 nitrogen and oxygen atoms in total. The van der Waals surface area contributed by atoms with Crippen molar-refractivity contribution in [1.29, 1.82) is 0 Å². The molecule has 3 aliphatic rings. The minimum Gasteiger partial charge on any atom is -0.486 e. The number of fused-ring (bicyclic) bond motifs is 1. The van der Waals surface area contributed by atoms with E-state index in [0.717, 1.165) is 37.2 Å². The molecule has 3 heterocycles. The fourth-order valence-electron chi connectivity index (χ4n) is 3.26. The van der Waals surface area contributed by atoms with Gasteiger partial charge in [-0.1, -0.05) is 6.07 Å². The standard InChI is InChI=1S/C16H23N3O2/c1-2-15-16(21-8-7-20-15)9-13(1)12-18-3-5-19(6-4-18)14-10-17-11-14/h1-2,9,14,17H,3-8,10-12H2. The van der Waals surface area contributed by atoms with Crippen molar-refractivity contribution in [3.05, 3.63) is 23.8 Å². The van der Waals surface area contributed by atoms with Gasteiger partial charge in [-0.25, -0.2) is 0 Å². The highest BCUT2D eigenvalue weighted by Crippen LogP contribution is 2.31. The van der Waals surface area contributed by atoms with Crippen molar-refractivity contribution < 1.29 is 9.47 Å². The summed E-state index contributed by atoms with van der Waals surface area (Å²) >= 11 is 0.